The average molecular weight is 297 g/mol. The highest BCUT2D eigenvalue weighted by atomic mass is 32.2. The Hall–Kier alpha value is -1.60. The van der Waals surface area contributed by atoms with Gasteiger partial charge in [-0.2, -0.15) is 0 Å². The van der Waals surface area contributed by atoms with Crippen LogP contribution in [0.3, 0.4) is 0 Å². The van der Waals surface area contributed by atoms with Crippen molar-refractivity contribution in [3.05, 3.63) is 35.6 Å². The van der Waals surface area contributed by atoms with Gasteiger partial charge in [-0.05, 0) is 25.1 Å². The standard InChI is InChI=1S/C12H12FN3OS2/c1-7(19-12-15-4-5-18-12)11(17)16-8-2-3-9(13)10(14)6-8/h2-7H,14H2,1H3,(H,16,17). The summed E-state index contributed by atoms with van der Waals surface area (Å²) in [6.07, 6.45) is 1.69. The molecule has 0 fully saturated rings. The van der Waals surface area contributed by atoms with Crippen LogP contribution in [0, 0.1) is 5.82 Å². The first-order valence-corrected chi connectivity index (χ1v) is 7.24. The van der Waals surface area contributed by atoms with E-state index in [-0.39, 0.29) is 16.8 Å². The number of thioether (sulfide) groups is 1. The highest BCUT2D eigenvalue weighted by Crippen LogP contribution is 2.26. The quantitative estimate of drug-likeness (QED) is 0.672. The molecule has 2 aromatic rings. The lowest BCUT2D eigenvalue weighted by molar-refractivity contribution is -0.115. The Kier molecular flexibility index (Phi) is 4.39. The van der Waals surface area contributed by atoms with Gasteiger partial charge in [-0.1, -0.05) is 11.8 Å². The van der Waals surface area contributed by atoms with Crippen molar-refractivity contribution in [1.29, 1.82) is 0 Å². The number of halogens is 1. The number of thiazole rings is 1. The summed E-state index contributed by atoms with van der Waals surface area (Å²) in [6, 6.07) is 4.10. The molecule has 1 heterocycles. The number of rotatable bonds is 4. The number of carbonyl (C=O) groups is 1. The van der Waals surface area contributed by atoms with E-state index in [1.54, 1.807) is 13.1 Å². The van der Waals surface area contributed by atoms with Gasteiger partial charge in [0.1, 0.15) is 5.82 Å². The van der Waals surface area contributed by atoms with Crippen molar-refractivity contribution >= 4 is 40.4 Å². The van der Waals surface area contributed by atoms with E-state index in [0.717, 1.165) is 4.34 Å². The number of benzene rings is 1. The number of nitrogens with one attached hydrogen (secondary N) is 1. The van der Waals surface area contributed by atoms with Crippen LogP contribution in [-0.2, 0) is 4.79 Å². The molecule has 0 spiro atoms. The van der Waals surface area contributed by atoms with Crippen molar-refractivity contribution in [1.82, 2.24) is 4.98 Å². The van der Waals surface area contributed by atoms with Crippen LogP contribution in [0.2, 0.25) is 0 Å². The van der Waals surface area contributed by atoms with Crippen molar-refractivity contribution < 1.29 is 9.18 Å². The molecular weight excluding hydrogens is 285 g/mol. The summed E-state index contributed by atoms with van der Waals surface area (Å²) < 4.78 is 13.8. The number of nitrogens with two attached hydrogens (primary N) is 1. The van der Waals surface area contributed by atoms with E-state index in [9.17, 15) is 9.18 Å². The minimum Gasteiger partial charge on any atom is -0.396 e. The zero-order chi connectivity index (χ0) is 13.8. The van der Waals surface area contributed by atoms with Crippen molar-refractivity contribution in [3.8, 4) is 0 Å². The van der Waals surface area contributed by atoms with Crippen LogP contribution in [0.1, 0.15) is 6.92 Å². The molecule has 1 aromatic carbocycles. The van der Waals surface area contributed by atoms with E-state index in [4.69, 9.17) is 5.73 Å². The molecule has 1 aromatic heterocycles. The fourth-order valence-corrected chi connectivity index (χ4v) is 3.11. The maximum absolute atomic E-state index is 13.0. The average Bonchev–Trinajstić information content (AvgIpc) is 2.86. The first-order valence-electron chi connectivity index (χ1n) is 5.48. The van der Waals surface area contributed by atoms with Crippen molar-refractivity contribution in [2.45, 2.75) is 16.5 Å². The molecule has 0 saturated carbocycles. The maximum Gasteiger partial charge on any atom is 0.237 e. The molecule has 1 unspecified atom stereocenters. The SMILES string of the molecule is CC(Sc1nccs1)C(=O)Nc1ccc(F)c(N)c1. The highest BCUT2D eigenvalue weighted by molar-refractivity contribution is 8.02. The van der Waals surface area contributed by atoms with E-state index in [2.05, 4.69) is 10.3 Å². The van der Waals surface area contributed by atoms with Gasteiger partial charge < -0.3 is 11.1 Å². The van der Waals surface area contributed by atoms with Crippen molar-refractivity contribution in [3.63, 3.8) is 0 Å². The molecule has 100 valence electrons. The van der Waals surface area contributed by atoms with Gasteiger partial charge in [-0.15, -0.1) is 11.3 Å². The lowest BCUT2D eigenvalue weighted by Gasteiger charge is -2.11. The highest BCUT2D eigenvalue weighted by Gasteiger charge is 2.16. The van der Waals surface area contributed by atoms with E-state index in [1.165, 1.54) is 41.3 Å². The third-order valence-electron chi connectivity index (χ3n) is 2.32. The van der Waals surface area contributed by atoms with E-state index in [0.29, 0.717) is 5.69 Å². The largest absolute Gasteiger partial charge is 0.396 e. The second-order valence-electron chi connectivity index (χ2n) is 3.78. The predicted octanol–water partition coefficient (Wildman–Crippen LogP) is 2.98. The lowest BCUT2D eigenvalue weighted by Crippen LogP contribution is -2.22. The molecule has 0 aliphatic heterocycles. The van der Waals surface area contributed by atoms with Crippen molar-refractivity contribution in [2.24, 2.45) is 0 Å². The number of hydrogen-bond acceptors (Lipinski definition) is 5. The van der Waals surface area contributed by atoms with E-state index < -0.39 is 5.82 Å². The Balaban J connectivity index is 1.98. The van der Waals surface area contributed by atoms with Crippen LogP contribution in [0.25, 0.3) is 0 Å². The van der Waals surface area contributed by atoms with Crippen LogP contribution in [0.15, 0.2) is 34.1 Å². The van der Waals surface area contributed by atoms with E-state index in [1.807, 2.05) is 5.38 Å². The zero-order valence-corrected chi connectivity index (χ0v) is 11.7. The molecule has 0 aliphatic carbocycles. The Bertz CT molecular complexity index is 574. The fourth-order valence-electron chi connectivity index (χ4n) is 1.34. The minimum absolute atomic E-state index is 0.0121. The summed E-state index contributed by atoms with van der Waals surface area (Å²) in [5.41, 5.74) is 5.94. The topological polar surface area (TPSA) is 68.0 Å². The summed E-state index contributed by atoms with van der Waals surface area (Å²) in [7, 11) is 0. The Morgan fingerprint density at radius 2 is 2.37 bits per heavy atom. The monoisotopic (exact) mass is 297 g/mol. The van der Waals surface area contributed by atoms with Gasteiger partial charge >= 0.3 is 0 Å². The normalized spacial score (nSPS) is 12.1. The number of anilines is 2. The van der Waals surface area contributed by atoms with Gasteiger partial charge in [0.15, 0.2) is 4.34 Å². The van der Waals surface area contributed by atoms with Gasteiger partial charge in [-0.3, -0.25) is 4.79 Å². The maximum atomic E-state index is 13.0. The molecule has 19 heavy (non-hydrogen) atoms. The molecular formula is C12H12FN3OS2. The van der Waals surface area contributed by atoms with Crippen LogP contribution < -0.4 is 11.1 Å². The van der Waals surface area contributed by atoms with Gasteiger partial charge in [0.25, 0.3) is 0 Å². The Morgan fingerprint density at radius 1 is 1.58 bits per heavy atom. The summed E-state index contributed by atoms with van der Waals surface area (Å²) in [6.45, 7) is 1.79. The fraction of sp³-hybridized carbons (Fsp3) is 0.167. The number of nitrogens with zero attached hydrogens (tertiary/aromatic N) is 1. The van der Waals surface area contributed by atoms with Gasteiger partial charge in [0.05, 0.1) is 10.9 Å². The number of aromatic nitrogens is 1. The number of nitrogen functional groups attached to an aromatic ring is 1. The minimum atomic E-state index is -0.497. The van der Waals surface area contributed by atoms with Crippen LogP contribution >= 0.6 is 23.1 Å². The molecule has 0 saturated heterocycles. The molecule has 3 N–H and O–H groups in total. The molecule has 2 rings (SSSR count). The zero-order valence-electron chi connectivity index (χ0n) is 10.1. The van der Waals surface area contributed by atoms with Crippen LogP contribution in [0.5, 0.6) is 0 Å². The first kappa shape index (κ1) is 13.8. The van der Waals surface area contributed by atoms with Gasteiger partial charge in [-0.25, -0.2) is 9.37 Å². The number of amides is 1. The summed E-state index contributed by atoms with van der Waals surface area (Å²) >= 11 is 2.86. The lowest BCUT2D eigenvalue weighted by atomic mass is 10.2. The summed E-state index contributed by atoms with van der Waals surface area (Å²) in [4.78, 5) is 16.0. The number of hydrogen-bond donors (Lipinski definition) is 2. The molecule has 0 radical (unpaired) electrons. The molecule has 1 amide bonds. The Labute approximate surface area is 118 Å². The Morgan fingerprint density at radius 3 is 3.00 bits per heavy atom. The van der Waals surface area contributed by atoms with Crippen LogP contribution in [-0.4, -0.2) is 16.1 Å². The molecule has 1 atom stereocenters. The first-order chi connectivity index (χ1) is 9.06. The van der Waals surface area contributed by atoms with E-state index >= 15 is 0 Å². The second kappa shape index (κ2) is 6.03. The molecule has 0 bridgehead atoms. The third-order valence-corrected chi connectivity index (χ3v) is 4.34. The predicted molar refractivity (Wildman–Crippen MR) is 76.9 cm³/mol. The third kappa shape index (κ3) is 3.68. The van der Waals surface area contributed by atoms with Gasteiger partial charge in [0.2, 0.25) is 5.91 Å². The smallest absolute Gasteiger partial charge is 0.237 e. The molecule has 4 nitrogen and oxygen atoms in total. The molecule has 0 aliphatic rings. The van der Waals surface area contributed by atoms with Gasteiger partial charge in [0, 0.05) is 17.3 Å². The number of carbonyl (C=O) groups excluding carboxylic acids is 1. The van der Waals surface area contributed by atoms with Crippen LogP contribution in [0.4, 0.5) is 15.8 Å². The molecule has 7 heteroatoms. The summed E-state index contributed by atoms with van der Waals surface area (Å²) in [5.74, 6) is -0.672. The summed E-state index contributed by atoms with van der Waals surface area (Å²) in [5, 5.41) is 4.25. The second-order valence-corrected chi connectivity index (χ2v) is 6.27. The van der Waals surface area contributed by atoms with Crippen molar-refractivity contribution in [2.75, 3.05) is 11.1 Å².